The first-order valence-electron chi connectivity index (χ1n) is 6.88. The molecule has 3 nitrogen and oxygen atoms in total. The maximum absolute atomic E-state index is 11.7. The lowest BCUT2D eigenvalue weighted by atomic mass is 9.67. The normalized spacial score (nSPS) is 27.2. The topological polar surface area (TPSA) is 50.2 Å². The average molecular weight is 326 g/mol. The number of aliphatic carboxylic acids is 1. The molecule has 0 saturated heterocycles. The summed E-state index contributed by atoms with van der Waals surface area (Å²) in [4.78, 5) is 15.9. The summed E-state index contributed by atoms with van der Waals surface area (Å²) < 4.78 is 0.910. The number of pyridine rings is 1. The van der Waals surface area contributed by atoms with Crippen LogP contribution in [0.15, 0.2) is 22.9 Å². The summed E-state index contributed by atoms with van der Waals surface area (Å²) in [5.74, 6) is 0.0511. The molecule has 2 rings (SSSR count). The number of hydrogen-bond donors (Lipinski definition) is 1. The van der Waals surface area contributed by atoms with Crippen molar-refractivity contribution in [3.05, 3.63) is 28.5 Å². The quantitative estimate of drug-likeness (QED) is 0.908. The van der Waals surface area contributed by atoms with E-state index in [1.165, 1.54) is 0 Å². The molecule has 0 atom stereocenters. The van der Waals surface area contributed by atoms with Crippen LogP contribution in [0.1, 0.15) is 44.6 Å². The van der Waals surface area contributed by atoms with Gasteiger partial charge in [-0.15, -0.1) is 0 Å². The SMILES string of the molecule is CCC1CCC(Cc2cncc(Br)c2)(C(=O)O)CC1. The van der Waals surface area contributed by atoms with Crippen molar-refractivity contribution in [3.63, 3.8) is 0 Å². The molecule has 1 N–H and O–H groups in total. The molecule has 1 aliphatic rings. The van der Waals surface area contributed by atoms with E-state index in [4.69, 9.17) is 0 Å². The van der Waals surface area contributed by atoms with Crippen LogP contribution in [-0.2, 0) is 11.2 Å². The van der Waals surface area contributed by atoms with Crippen molar-refractivity contribution in [3.8, 4) is 0 Å². The molecule has 0 radical (unpaired) electrons. The standard InChI is InChI=1S/C15H20BrNO2/c1-2-11-3-5-15(6-4-11,14(18)19)8-12-7-13(16)10-17-9-12/h7,9-11H,2-6,8H2,1H3,(H,18,19). The third-order valence-corrected chi connectivity index (χ3v) is 4.83. The predicted octanol–water partition coefficient (Wildman–Crippen LogP) is 4.06. The van der Waals surface area contributed by atoms with Crippen LogP contribution in [0.4, 0.5) is 0 Å². The van der Waals surface area contributed by atoms with Crippen molar-refractivity contribution in [2.45, 2.75) is 45.4 Å². The molecule has 1 aliphatic carbocycles. The van der Waals surface area contributed by atoms with Crippen LogP contribution >= 0.6 is 15.9 Å². The molecule has 1 aromatic heterocycles. The monoisotopic (exact) mass is 325 g/mol. The lowest BCUT2D eigenvalue weighted by Gasteiger charge is -2.36. The smallest absolute Gasteiger partial charge is 0.309 e. The van der Waals surface area contributed by atoms with Crippen LogP contribution in [0, 0.1) is 11.3 Å². The number of carboxylic acid groups (broad SMARTS) is 1. The second-order valence-corrected chi connectivity index (χ2v) is 6.54. The molecule has 1 fully saturated rings. The molecular weight excluding hydrogens is 306 g/mol. The Kier molecular flexibility index (Phi) is 4.61. The molecule has 0 amide bonds. The number of halogens is 1. The Morgan fingerprint density at radius 2 is 2.16 bits per heavy atom. The van der Waals surface area contributed by atoms with Crippen LogP contribution in [-0.4, -0.2) is 16.1 Å². The minimum Gasteiger partial charge on any atom is -0.481 e. The number of carboxylic acids is 1. The van der Waals surface area contributed by atoms with E-state index in [1.807, 2.05) is 6.07 Å². The summed E-state index contributed by atoms with van der Waals surface area (Å²) in [5.41, 5.74) is 0.417. The van der Waals surface area contributed by atoms with E-state index in [0.29, 0.717) is 12.3 Å². The van der Waals surface area contributed by atoms with Gasteiger partial charge in [-0.3, -0.25) is 9.78 Å². The van der Waals surface area contributed by atoms with Gasteiger partial charge in [0.25, 0.3) is 0 Å². The van der Waals surface area contributed by atoms with Gasteiger partial charge < -0.3 is 5.11 Å². The maximum atomic E-state index is 11.7. The summed E-state index contributed by atoms with van der Waals surface area (Å²) in [6, 6.07) is 1.98. The summed E-state index contributed by atoms with van der Waals surface area (Å²) in [6.07, 6.45) is 8.89. The molecular formula is C15H20BrNO2. The van der Waals surface area contributed by atoms with E-state index < -0.39 is 11.4 Å². The Hall–Kier alpha value is -0.900. The number of aromatic nitrogens is 1. The first-order chi connectivity index (χ1) is 9.05. The lowest BCUT2D eigenvalue weighted by molar-refractivity contribution is -0.151. The zero-order valence-corrected chi connectivity index (χ0v) is 12.8. The van der Waals surface area contributed by atoms with E-state index in [9.17, 15) is 9.90 Å². The first-order valence-corrected chi connectivity index (χ1v) is 7.68. The third kappa shape index (κ3) is 3.35. The molecule has 0 unspecified atom stereocenters. The van der Waals surface area contributed by atoms with Crippen LogP contribution in [0.3, 0.4) is 0 Å². The predicted molar refractivity (Wildman–Crippen MR) is 78.0 cm³/mol. The van der Waals surface area contributed by atoms with Gasteiger partial charge in [0.1, 0.15) is 0 Å². The van der Waals surface area contributed by atoms with E-state index in [2.05, 4.69) is 27.8 Å². The number of nitrogens with zero attached hydrogens (tertiary/aromatic N) is 1. The average Bonchev–Trinajstić information content (AvgIpc) is 2.39. The van der Waals surface area contributed by atoms with Crippen molar-refractivity contribution in [2.75, 3.05) is 0 Å². The van der Waals surface area contributed by atoms with E-state index in [1.54, 1.807) is 12.4 Å². The van der Waals surface area contributed by atoms with Crippen molar-refractivity contribution < 1.29 is 9.90 Å². The molecule has 0 bridgehead atoms. The Bertz CT molecular complexity index is 453. The van der Waals surface area contributed by atoms with Gasteiger partial charge in [0.2, 0.25) is 0 Å². The van der Waals surface area contributed by atoms with E-state index in [0.717, 1.165) is 42.1 Å². The summed E-state index contributed by atoms with van der Waals surface area (Å²) in [7, 11) is 0. The van der Waals surface area contributed by atoms with Crippen molar-refractivity contribution >= 4 is 21.9 Å². The van der Waals surface area contributed by atoms with Crippen molar-refractivity contribution in [1.82, 2.24) is 4.98 Å². The fourth-order valence-corrected chi connectivity index (χ4v) is 3.46. The number of carbonyl (C=O) groups is 1. The molecule has 1 saturated carbocycles. The van der Waals surface area contributed by atoms with Crippen LogP contribution in [0.5, 0.6) is 0 Å². The number of hydrogen-bond acceptors (Lipinski definition) is 2. The minimum atomic E-state index is -0.651. The molecule has 0 aliphatic heterocycles. The van der Waals surface area contributed by atoms with Gasteiger partial charge in [0.15, 0.2) is 0 Å². The highest BCUT2D eigenvalue weighted by Crippen LogP contribution is 2.42. The van der Waals surface area contributed by atoms with Gasteiger partial charge in [-0.25, -0.2) is 0 Å². The zero-order chi connectivity index (χ0) is 13.9. The Labute approximate surface area is 122 Å². The Morgan fingerprint density at radius 1 is 1.47 bits per heavy atom. The number of rotatable bonds is 4. The van der Waals surface area contributed by atoms with Gasteiger partial charge >= 0.3 is 5.97 Å². The van der Waals surface area contributed by atoms with Gasteiger partial charge in [-0.05, 0) is 65.6 Å². The molecule has 104 valence electrons. The van der Waals surface area contributed by atoms with E-state index in [-0.39, 0.29) is 0 Å². The minimum absolute atomic E-state index is 0.588. The molecule has 1 heterocycles. The lowest BCUT2D eigenvalue weighted by Crippen LogP contribution is -2.37. The van der Waals surface area contributed by atoms with Crippen molar-refractivity contribution in [2.24, 2.45) is 11.3 Å². The van der Waals surface area contributed by atoms with Gasteiger partial charge in [0.05, 0.1) is 5.41 Å². The van der Waals surface area contributed by atoms with Gasteiger partial charge in [-0.1, -0.05) is 13.3 Å². The second kappa shape index (κ2) is 6.04. The molecule has 0 spiro atoms. The third-order valence-electron chi connectivity index (χ3n) is 4.40. The fraction of sp³-hybridized carbons (Fsp3) is 0.600. The summed E-state index contributed by atoms with van der Waals surface area (Å²) >= 11 is 3.39. The fourth-order valence-electron chi connectivity index (χ4n) is 3.05. The highest BCUT2D eigenvalue weighted by Gasteiger charge is 2.41. The molecule has 19 heavy (non-hydrogen) atoms. The Morgan fingerprint density at radius 3 is 2.68 bits per heavy atom. The summed E-state index contributed by atoms with van der Waals surface area (Å²) in [5, 5.41) is 9.65. The molecule has 0 aromatic carbocycles. The highest BCUT2D eigenvalue weighted by atomic mass is 79.9. The van der Waals surface area contributed by atoms with Crippen LogP contribution < -0.4 is 0 Å². The zero-order valence-electron chi connectivity index (χ0n) is 11.2. The van der Waals surface area contributed by atoms with Gasteiger partial charge in [0, 0.05) is 16.9 Å². The Balaban J connectivity index is 2.15. The molecule has 1 aromatic rings. The first kappa shape index (κ1) is 14.5. The van der Waals surface area contributed by atoms with Crippen LogP contribution in [0.25, 0.3) is 0 Å². The van der Waals surface area contributed by atoms with E-state index >= 15 is 0 Å². The summed E-state index contributed by atoms with van der Waals surface area (Å²) in [6.45, 7) is 2.19. The van der Waals surface area contributed by atoms with Gasteiger partial charge in [-0.2, -0.15) is 0 Å². The highest BCUT2D eigenvalue weighted by molar-refractivity contribution is 9.10. The molecule has 4 heteroatoms. The van der Waals surface area contributed by atoms with Crippen molar-refractivity contribution in [1.29, 1.82) is 0 Å². The largest absolute Gasteiger partial charge is 0.481 e. The van der Waals surface area contributed by atoms with Crippen LogP contribution in [0.2, 0.25) is 0 Å². The second-order valence-electron chi connectivity index (χ2n) is 5.63. The maximum Gasteiger partial charge on any atom is 0.309 e.